The highest BCUT2D eigenvalue weighted by Crippen LogP contribution is 2.19. The number of likely N-dealkylation sites (tertiary alicyclic amines) is 1. The van der Waals surface area contributed by atoms with Crippen LogP contribution in [-0.4, -0.2) is 53.4 Å². The fourth-order valence-electron chi connectivity index (χ4n) is 3.88. The first-order valence-electron chi connectivity index (χ1n) is 12.5. The van der Waals surface area contributed by atoms with Crippen molar-refractivity contribution < 1.29 is 19.1 Å². The molecule has 0 atom stereocenters. The second-order valence-corrected chi connectivity index (χ2v) is 9.78. The quantitative estimate of drug-likeness (QED) is 0.329. The molecule has 33 heavy (non-hydrogen) atoms. The van der Waals surface area contributed by atoms with E-state index in [2.05, 4.69) is 12.3 Å². The highest BCUT2D eigenvalue weighted by molar-refractivity contribution is 5.69. The fraction of sp³-hybridized carbons (Fsp3) is 0.692. The smallest absolute Gasteiger partial charge is 0.425 e. The van der Waals surface area contributed by atoms with Crippen molar-refractivity contribution in [2.24, 2.45) is 0 Å². The van der Waals surface area contributed by atoms with Gasteiger partial charge in [0.15, 0.2) is 0 Å². The van der Waals surface area contributed by atoms with Gasteiger partial charge in [-0.3, -0.25) is 0 Å². The summed E-state index contributed by atoms with van der Waals surface area (Å²) in [5.74, 6) is 0. The van der Waals surface area contributed by atoms with Gasteiger partial charge in [0.05, 0.1) is 6.04 Å². The lowest BCUT2D eigenvalue weighted by atomic mass is 10.1. The van der Waals surface area contributed by atoms with Crippen molar-refractivity contribution in [3.05, 3.63) is 35.9 Å². The Morgan fingerprint density at radius 2 is 1.67 bits per heavy atom. The molecule has 1 aromatic rings. The van der Waals surface area contributed by atoms with Crippen molar-refractivity contribution in [3.63, 3.8) is 0 Å². The molecule has 2 rings (SSSR count). The third-order valence-corrected chi connectivity index (χ3v) is 5.70. The number of nitrogens with zero attached hydrogens (tertiary/aromatic N) is 2. The molecular weight excluding hydrogens is 418 g/mol. The Kier molecular flexibility index (Phi) is 11.5. The Bertz CT molecular complexity index is 697. The van der Waals surface area contributed by atoms with Gasteiger partial charge in [0.2, 0.25) is 0 Å². The van der Waals surface area contributed by atoms with Gasteiger partial charge in [-0.05, 0) is 45.6 Å². The minimum atomic E-state index is -0.556. The van der Waals surface area contributed by atoms with Crippen LogP contribution in [-0.2, 0) is 16.1 Å². The fourth-order valence-corrected chi connectivity index (χ4v) is 3.88. The van der Waals surface area contributed by atoms with Gasteiger partial charge in [-0.15, -0.1) is 0 Å². The Morgan fingerprint density at radius 3 is 2.30 bits per heavy atom. The maximum Gasteiger partial charge on any atom is 0.425 e. The molecule has 0 aliphatic carbocycles. The van der Waals surface area contributed by atoms with E-state index in [0.29, 0.717) is 25.9 Å². The molecule has 0 unspecified atom stereocenters. The van der Waals surface area contributed by atoms with Crippen LogP contribution in [0.3, 0.4) is 0 Å². The van der Waals surface area contributed by atoms with Crippen LogP contribution in [0.25, 0.3) is 0 Å². The number of amides is 2. The van der Waals surface area contributed by atoms with Crippen LogP contribution in [0, 0.1) is 0 Å². The van der Waals surface area contributed by atoms with Crippen LogP contribution in [0.2, 0.25) is 0 Å². The Balaban J connectivity index is 1.82. The standard InChI is InChI=1S/C26H43N3O4/c1-5-6-7-8-9-13-18-27-29(25(31)33-26(2,3)4)23-16-19-28(20-17-23)24(30)32-21-22-14-11-10-12-15-22/h10-12,14-15,23,27H,5-9,13,16-21H2,1-4H3. The van der Waals surface area contributed by atoms with Gasteiger partial charge in [-0.2, -0.15) is 0 Å². The van der Waals surface area contributed by atoms with Crippen LogP contribution in [0.4, 0.5) is 9.59 Å². The molecule has 1 aliphatic heterocycles. The molecule has 1 saturated heterocycles. The molecular formula is C26H43N3O4. The molecule has 0 radical (unpaired) electrons. The van der Waals surface area contributed by atoms with Gasteiger partial charge < -0.3 is 14.4 Å². The maximum absolute atomic E-state index is 12.9. The lowest BCUT2D eigenvalue weighted by Gasteiger charge is -2.38. The molecule has 0 bridgehead atoms. The predicted molar refractivity (Wildman–Crippen MR) is 131 cm³/mol. The zero-order valence-corrected chi connectivity index (χ0v) is 21.0. The third kappa shape index (κ3) is 10.5. The van der Waals surface area contributed by atoms with Gasteiger partial charge in [0.1, 0.15) is 12.2 Å². The number of ether oxygens (including phenoxy) is 2. The first-order valence-corrected chi connectivity index (χ1v) is 12.5. The summed E-state index contributed by atoms with van der Waals surface area (Å²) in [4.78, 5) is 27.1. The second kappa shape index (κ2) is 14.1. The van der Waals surface area contributed by atoms with E-state index in [1.807, 2.05) is 51.1 Å². The first-order chi connectivity index (χ1) is 15.8. The maximum atomic E-state index is 12.9. The summed E-state index contributed by atoms with van der Waals surface area (Å²) in [6, 6.07) is 9.66. The number of piperidine rings is 1. The van der Waals surface area contributed by atoms with Crippen molar-refractivity contribution in [1.82, 2.24) is 15.3 Å². The normalized spacial score (nSPS) is 14.7. The number of hydrogen-bond donors (Lipinski definition) is 1. The molecule has 2 amide bonds. The van der Waals surface area contributed by atoms with Crippen molar-refractivity contribution in [1.29, 1.82) is 0 Å². The van der Waals surface area contributed by atoms with Crippen LogP contribution in [0.1, 0.15) is 84.6 Å². The minimum absolute atomic E-state index is 0.0156. The monoisotopic (exact) mass is 461 g/mol. The summed E-state index contributed by atoms with van der Waals surface area (Å²) in [7, 11) is 0. The van der Waals surface area contributed by atoms with E-state index in [9.17, 15) is 9.59 Å². The minimum Gasteiger partial charge on any atom is -0.445 e. The lowest BCUT2D eigenvalue weighted by molar-refractivity contribution is -0.00799. The van der Waals surface area contributed by atoms with E-state index in [-0.39, 0.29) is 24.8 Å². The molecule has 186 valence electrons. The number of rotatable bonds is 11. The van der Waals surface area contributed by atoms with Crippen molar-refractivity contribution >= 4 is 12.2 Å². The molecule has 1 aliphatic rings. The third-order valence-electron chi connectivity index (χ3n) is 5.70. The highest BCUT2D eigenvalue weighted by Gasteiger charge is 2.32. The molecule has 1 heterocycles. The molecule has 1 N–H and O–H groups in total. The lowest BCUT2D eigenvalue weighted by Crippen LogP contribution is -2.55. The molecule has 7 nitrogen and oxygen atoms in total. The summed E-state index contributed by atoms with van der Waals surface area (Å²) in [5.41, 5.74) is 3.73. The number of carbonyl (C=O) groups excluding carboxylic acids is 2. The number of carbonyl (C=O) groups is 2. The molecule has 0 spiro atoms. The Morgan fingerprint density at radius 1 is 1.03 bits per heavy atom. The molecule has 0 saturated carbocycles. The van der Waals surface area contributed by atoms with Gasteiger partial charge in [0.25, 0.3) is 0 Å². The summed E-state index contributed by atoms with van der Waals surface area (Å²) >= 11 is 0. The number of nitrogens with one attached hydrogen (secondary N) is 1. The number of hydrogen-bond acceptors (Lipinski definition) is 5. The summed E-state index contributed by atoms with van der Waals surface area (Å²) in [6.07, 6.45) is 7.91. The first kappa shape index (κ1) is 27.0. The van der Waals surface area contributed by atoms with E-state index in [4.69, 9.17) is 9.47 Å². The predicted octanol–water partition coefficient (Wildman–Crippen LogP) is 5.89. The number of unbranched alkanes of at least 4 members (excludes halogenated alkanes) is 5. The summed E-state index contributed by atoms with van der Waals surface area (Å²) < 4.78 is 11.1. The Labute approximate surface area is 199 Å². The Hall–Kier alpha value is -2.28. The second-order valence-electron chi connectivity index (χ2n) is 9.78. The van der Waals surface area contributed by atoms with E-state index in [1.165, 1.54) is 25.7 Å². The SMILES string of the molecule is CCCCCCCCNN(C(=O)OC(C)(C)C)C1CCN(C(=O)OCc2ccccc2)CC1. The van der Waals surface area contributed by atoms with Gasteiger partial charge in [-0.1, -0.05) is 69.4 Å². The largest absolute Gasteiger partial charge is 0.445 e. The van der Waals surface area contributed by atoms with Gasteiger partial charge in [0, 0.05) is 19.6 Å². The van der Waals surface area contributed by atoms with Crippen molar-refractivity contribution in [2.75, 3.05) is 19.6 Å². The van der Waals surface area contributed by atoms with Gasteiger partial charge in [-0.25, -0.2) is 20.0 Å². The molecule has 7 heteroatoms. The van der Waals surface area contributed by atoms with E-state index in [1.54, 1.807) is 9.91 Å². The van der Waals surface area contributed by atoms with Crippen LogP contribution in [0.5, 0.6) is 0 Å². The van der Waals surface area contributed by atoms with E-state index >= 15 is 0 Å². The van der Waals surface area contributed by atoms with Crippen LogP contribution >= 0.6 is 0 Å². The van der Waals surface area contributed by atoms with Gasteiger partial charge >= 0.3 is 12.2 Å². The van der Waals surface area contributed by atoms with Crippen molar-refractivity contribution in [3.8, 4) is 0 Å². The summed E-state index contributed by atoms with van der Waals surface area (Å²) in [5, 5.41) is 1.66. The topological polar surface area (TPSA) is 71.1 Å². The average Bonchev–Trinajstić information content (AvgIpc) is 2.79. The highest BCUT2D eigenvalue weighted by atomic mass is 16.6. The van der Waals surface area contributed by atoms with E-state index in [0.717, 1.165) is 24.9 Å². The summed E-state index contributed by atoms with van der Waals surface area (Å²) in [6.45, 7) is 9.96. The van der Waals surface area contributed by atoms with Crippen molar-refractivity contribution in [2.45, 2.75) is 97.3 Å². The number of benzene rings is 1. The van der Waals surface area contributed by atoms with Crippen LogP contribution in [0.15, 0.2) is 30.3 Å². The van der Waals surface area contributed by atoms with E-state index < -0.39 is 5.60 Å². The zero-order valence-electron chi connectivity index (χ0n) is 21.0. The number of hydrazine groups is 1. The molecule has 0 aromatic heterocycles. The average molecular weight is 462 g/mol. The zero-order chi connectivity index (χ0) is 24.1. The van der Waals surface area contributed by atoms with Crippen LogP contribution < -0.4 is 5.43 Å². The molecule has 1 fully saturated rings. The molecule has 1 aromatic carbocycles.